The van der Waals surface area contributed by atoms with Crippen LogP contribution in [0.5, 0.6) is 17.2 Å². The molecule has 0 radical (unpaired) electrons. The minimum atomic E-state index is -1.06. The molecule has 278 valence electrons. The highest BCUT2D eigenvalue weighted by Crippen LogP contribution is 2.39. The van der Waals surface area contributed by atoms with Gasteiger partial charge in [-0.2, -0.15) is 0 Å². The van der Waals surface area contributed by atoms with Crippen molar-refractivity contribution in [1.82, 2.24) is 10.2 Å². The molecular formula is C39H42ClN5O8. The topological polar surface area (TPSA) is 171 Å². The number of piperidine rings is 1. The number of likely N-dealkylation sites (tertiary alicyclic amines) is 1. The molecule has 0 unspecified atom stereocenters. The molecule has 0 aromatic heterocycles. The maximum Gasteiger partial charge on any atom is 0.411 e. The third kappa shape index (κ3) is 9.76. The van der Waals surface area contributed by atoms with Crippen molar-refractivity contribution in [1.29, 1.82) is 0 Å². The number of aliphatic hydroxyl groups is 1. The molecule has 4 aromatic rings. The molecule has 6 N–H and O–H groups in total. The maximum atomic E-state index is 12.9. The second kappa shape index (κ2) is 17.5. The molecule has 14 heteroatoms. The lowest BCUT2D eigenvalue weighted by Gasteiger charge is -2.31. The Morgan fingerprint density at radius 1 is 1.02 bits per heavy atom. The number of phenols is 1. The van der Waals surface area contributed by atoms with E-state index in [1.54, 1.807) is 12.1 Å². The van der Waals surface area contributed by atoms with Crippen LogP contribution < -0.4 is 30.7 Å². The Morgan fingerprint density at radius 3 is 2.55 bits per heavy atom. The summed E-state index contributed by atoms with van der Waals surface area (Å²) in [6.07, 6.45) is -0.204. The number of para-hydroxylation sites is 1. The van der Waals surface area contributed by atoms with E-state index in [0.29, 0.717) is 77.2 Å². The molecule has 13 nitrogen and oxygen atoms in total. The number of hydrogen-bond acceptors (Lipinski definition) is 10. The van der Waals surface area contributed by atoms with E-state index < -0.39 is 12.2 Å². The molecule has 1 fully saturated rings. The van der Waals surface area contributed by atoms with E-state index in [0.717, 1.165) is 11.1 Å². The van der Waals surface area contributed by atoms with Crippen LogP contribution in [0.25, 0.3) is 11.1 Å². The Bertz CT molecular complexity index is 1940. The van der Waals surface area contributed by atoms with Crippen LogP contribution >= 0.6 is 11.6 Å². The van der Waals surface area contributed by atoms with E-state index in [-0.39, 0.29) is 49.8 Å². The summed E-state index contributed by atoms with van der Waals surface area (Å²) in [6, 6.07) is 23.5. The Balaban J connectivity index is 0.938. The maximum absolute atomic E-state index is 12.9. The molecule has 4 aromatic carbocycles. The van der Waals surface area contributed by atoms with Crippen LogP contribution in [-0.2, 0) is 20.9 Å². The number of fused-ring (bicyclic) bond motifs is 1. The molecule has 0 aliphatic carbocycles. The fraction of sp³-hybridized carbons (Fsp3) is 0.308. The van der Waals surface area contributed by atoms with Crippen molar-refractivity contribution in [2.24, 2.45) is 0 Å². The number of phenolic OH excluding ortho intramolecular Hbond substituents is 1. The quantitative estimate of drug-likeness (QED) is 0.0967. The normalized spacial score (nSPS) is 15.0. The first kappa shape index (κ1) is 37.4. The third-order valence-electron chi connectivity index (χ3n) is 9.09. The van der Waals surface area contributed by atoms with Gasteiger partial charge in [0.2, 0.25) is 5.91 Å². The zero-order chi connectivity index (χ0) is 37.3. The fourth-order valence-corrected chi connectivity index (χ4v) is 6.64. The van der Waals surface area contributed by atoms with Gasteiger partial charge in [0.05, 0.1) is 35.3 Å². The average Bonchev–Trinajstić information content (AvgIpc) is 3.15. The number of amides is 3. The zero-order valence-electron chi connectivity index (χ0n) is 29.2. The molecule has 2 aliphatic rings. The van der Waals surface area contributed by atoms with E-state index in [1.165, 1.54) is 19.2 Å². The number of carbonyl (C=O) groups excluding carboxylic acids is 3. The van der Waals surface area contributed by atoms with Gasteiger partial charge in [0, 0.05) is 68.0 Å². The van der Waals surface area contributed by atoms with E-state index in [1.807, 2.05) is 54.6 Å². The van der Waals surface area contributed by atoms with Crippen molar-refractivity contribution in [3.63, 3.8) is 0 Å². The predicted octanol–water partition coefficient (Wildman–Crippen LogP) is 5.92. The zero-order valence-corrected chi connectivity index (χ0v) is 29.9. The van der Waals surface area contributed by atoms with Gasteiger partial charge in [-0.25, -0.2) is 4.79 Å². The van der Waals surface area contributed by atoms with Gasteiger partial charge in [0.15, 0.2) is 6.61 Å². The lowest BCUT2D eigenvalue weighted by Crippen LogP contribution is -2.39. The van der Waals surface area contributed by atoms with Crippen molar-refractivity contribution in [3.8, 4) is 28.4 Å². The molecule has 3 amide bonds. The van der Waals surface area contributed by atoms with Gasteiger partial charge in [0.25, 0.3) is 5.91 Å². The standard InChI is InChI=1S/C39H42ClN5O8/c1-51-35-20-32(30(40)17-25(35)21-41-22-34(47)29-18-26(46)19-33-38(29)52-23-37(49)43-33)42-36(48)13-16-45-14-11-27(12-15-45)53-39(50)44-31-10-6-5-9-28(31)24-7-3-2-4-8-24/h2-10,17-20,27,34,41,46-47H,11-16,21-23H2,1H3,(H,42,48)(H,43,49)(H,44,50)/t34-/m0/s1. The van der Waals surface area contributed by atoms with Crippen molar-refractivity contribution in [3.05, 3.63) is 95.0 Å². The first-order valence-electron chi connectivity index (χ1n) is 17.4. The van der Waals surface area contributed by atoms with Crippen LogP contribution in [0.3, 0.4) is 0 Å². The van der Waals surface area contributed by atoms with Gasteiger partial charge >= 0.3 is 6.09 Å². The predicted molar refractivity (Wildman–Crippen MR) is 202 cm³/mol. The summed E-state index contributed by atoms with van der Waals surface area (Å²) in [5, 5.41) is 32.8. The van der Waals surface area contributed by atoms with Gasteiger partial charge in [-0.05, 0) is 36.6 Å². The molecule has 1 saturated heterocycles. The summed E-state index contributed by atoms with van der Waals surface area (Å²) in [7, 11) is 1.51. The summed E-state index contributed by atoms with van der Waals surface area (Å²) in [5.74, 6) is 0.121. The molecule has 1 atom stereocenters. The lowest BCUT2D eigenvalue weighted by molar-refractivity contribution is -0.119. The number of carbonyl (C=O) groups is 3. The SMILES string of the molecule is COc1cc(NC(=O)CCN2CCC(OC(=O)Nc3ccccc3-c3ccccc3)CC2)c(Cl)cc1CNC[C@H](O)c1cc(O)cc2c1OCC(=O)N2. The Labute approximate surface area is 312 Å². The van der Waals surface area contributed by atoms with Crippen molar-refractivity contribution in [2.45, 2.75) is 38.0 Å². The lowest BCUT2D eigenvalue weighted by atomic mass is 10.0. The second-order valence-corrected chi connectivity index (χ2v) is 13.2. The van der Waals surface area contributed by atoms with Crippen molar-refractivity contribution in [2.75, 3.05) is 55.8 Å². The van der Waals surface area contributed by atoms with Gasteiger partial charge in [0.1, 0.15) is 23.4 Å². The largest absolute Gasteiger partial charge is 0.508 e. The first-order valence-corrected chi connectivity index (χ1v) is 17.7. The number of nitrogens with zero attached hydrogens (tertiary/aromatic N) is 1. The molecule has 2 aliphatic heterocycles. The van der Waals surface area contributed by atoms with Gasteiger partial charge in [-0.15, -0.1) is 0 Å². The summed E-state index contributed by atoms with van der Waals surface area (Å²) in [6.45, 7) is 2.09. The summed E-state index contributed by atoms with van der Waals surface area (Å²) < 4.78 is 16.8. The van der Waals surface area contributed by atoms with Crippen LogP contribution in [0.1, 0.15) is 36.5 Å². The van der Waals surface area contributed by atoms with Crippen LogP contribution in [0.2, 0.25) is 5.02 Å². The highest BCUT2D eigenvalue weighted by Gasteiger charge is 2.25. The third-order valence-corrected chi connectivity index (χ3v) is 9.41. The summed E-state index contributed by atoms with van der Waals surface area (Å²) >= 11 is 6.56. The number of ether oxygens (including phenoxy) is 3. The number of halogens is 1. The van der Waals surface area contributed by atoms with Gasteiger partial charge < -0.3 is 45.3 Å². The van der Waals surface area contributed by atoms with E-state index in [9.17, 15) is 24.6 Å². The second-order valence-electron chi connectivity index (χ2n) is 12.8. The number of nitrogens with one attached hydrogen (secondary N) is 4. The fourth-order valence-electron chi connectivity index (χ4n) is 6.41. The molecule has 0 bridgehead atoms. The number of hydrogen-bond donors (Lipinski definition) is 6. The molecule has 0 spiro atoms. The highest BCUT2D eigenvalue weighted by molar-refractivity contribution is 6.33. The van der Waals surface area contributed by atoms with Crippen molar-refractivity contribution >= 4 is 46.6 Å². The number of rotatable bonds is 13. The molecule has 6 rings (SSSR count). The van der Waals surface area contributed by atoms with E-state index in [4.69, 9.17) is 25.8 Å². The molecule has 2 heterocycles. The monoisotopic (exact) mass is 743 g/mol. The average molecular weight is 744 g/mol. The van der Waals surface area contributed by atoms with E-state index in [2.05, 4.69) is 26.2 Å². The van der Waals surface area contributed by atoms with Crippen LogP contribution in [-0.4, -0.2) is 79.0 Å². The highest BCUT2D eigenvalue weighted by atomic mass is 35.5. The number of aromatic hydroxyl groups is 1. The number of methoxy groups -OCH3 is 1. The molecule has 53 heavy (non-hydrogen) atoms. The Hall–Kier alpha value is -5.34. The molecular weight excluding hydrogens is 702 g/mol. The Kier molecular flexibility index (Phi) is 12.3. The summed E-state index contributed by atoms with van der Waals surface area (Å²) in [5.41, 5.74) is 4.33. The minimum Gasteiger partial charge on any atom is -0.508 e. The van der Waals surface area contributed by atoms with Crippen LogP contribution in [0.4, 0.5) is 21.9 Å². The first-order chi connectivity index (χ1) is 25.7. The van der Waals surface area contributed by atoms with E-state index >= 15 is 0 Å². The minimum absolute atomic E-state index is 0.0896. The van der Waals surface area contributed by atoms with Crippen molar-refractivity contribution < 1.29 is 38.8 Å². The molecule has 0 saturated carbocycles. The number of benzene rings is 4. The van der Waals surface area contributed by atoms with Gasteiger partial charge in [-0.3, -0.25) is 14.9 Å². The Morgan fingerprint density at radius 2 is 1.77 bits per heavy atom. The van der Waals surface area contributed by atoms with Crippen LogP contribution in [0.15, 0.2) is 78.9 Å². The smallest absolute Gasteiger partial charge is 0.411 e. The van der Waals surface area contributed by atoms with Gasteiger partial charge in [-0.1, -0.05) is 60.1 Å². The summed E-state index contributed by atoms with van der Waals surface area (Å²) in [4.78, 5) is 39.5. The number of aliphatic hydroxyl groups excluding tert-OH is 1. The van der Waals surface area contributed by atoms with Crippen LogP contribution in [0, 0.1) is 0 Å². The number of anilines is 3.